The maximum Gasteiger partial charge on any atom is 0.123 e. The lowest BCUT2D eigenvalue weighted by Gasteiger charge is -2.32. The van der Waals surface area contributed by atoms with Crippen LogP contribution in [0.4, 0.5) is 0 Å². The van der Waals surface area contributed by atoms with E-state index in [2.05, 4.69) is 32.9 Å². The molecule has 1 atom stereocenters. The fourth-order valence-corrected chi connectivity index (χ4v) is 2.22. The van der Waals surface area contributed by atoms with E-state index in [0.717, 1.165) is 12.7 Å². The monoisotopic (exact) mass is 206 g/mol. The maximum atomic E-state index is 10.6. The summed E-state index contributed by atoms with van der Waals surface area (Å²) >= 11 is 0. The van der Waals surface area contributed by atoms with Gasteiger partial charge in [0.2, 0.25) is 0 Å². The van der Waals surface area contributed by atoms with Gasteiger partial charge in [-0.1, -0.05) is 38.5 Å². The van der Waals surface area contributed by atoms with Crippen LogP contribution >= 0.6 is 0 Å². The molecule has 0 bridgehead atoms. The molecule has 0 radical (unpaired) electrons. The van der Waals surface area contributed by atoms with E-state index in [1.807, 2.05) is 6.92 Å². The quantitative estimate of drug-likeness (QED) is 0.640. The van der Waals surface area contributed by atoms with Crippen molar-refractivity contribution in [2.75, 3.05) is 0 Å². The van der Waals surface area contributed by atoms with Gasteiger partial charge in [0.25, 0.3) is 0 Å². The summed E-state index contributed by atoms with van der Waals surface area (Å²) < 4.78 is 0. The Kier molecular flexibility index (Phi) is 3.90. The molecule has 0 N–H and O–H groups in total. The summed E-state index contributed by atoms with van der Waals surface area (Å²) in [6.45, 7) is 8.74. The van der Waals surface area contributed by atoms with Gasteiger partial charge >= 0.3 is 0 Å². The van der Waals surface area contributed by atoms with Crippen molar-refractivity contribution in [1.29, 1.82) is 0 Å². The first-order valence-corrected chi connectivity index (χ1v) is 5.80. The molecule has 0 spiro atoms. The fourth-order valence-electron chi connectivity index (χ4n) is 2.22. The van der Waals surface area contributed by atoms with Gasteiger partial charge in [0, 0.05) is 5.92 Å². The van der Waals surface area contributed by atoms with Crippen LogP contribution in [0.25, 0.3) is 0 Å². The zero-order chi connectivity index (χ0) is 11.5. The van der Waals surface area contributed by atoms with Crippen LogP contribution in [-0.2, 0) is 4.79 Å². The maximum absolute atomic E-state index is 10.6. The molecule has 1 unspecified atom stereocenters. The second-order valence-corrected chi connectivity index (χ2v) is 5.28. The highest BCUT2D eigenvalue weighted by Crippen LogP contribution is 2.40. The van der Waals surface area contributed by atoms with Crippen LogP contribution in [0.1, 0.15) is 47.0 Å². The number of hydrogen-bond donors (Lipinski definition) is 0. The predicted octanol–water partition coefficient (Wildman–Crippen LogP) is 3.90. The standard InChI is InChI=1S/C14H22O/c1-11(10-15)7-8-13-12(2)6-5-9-14(13,3)4/h6,8,10-11H,5,7,9H2,1-4H3. The minimum Gasteiger partial charge on any atom is -0.303 e. The van der Waals surface area contributed by atoms with Gasteiger partial charge in [-0.3, -0.25) is 0 Å². The van der Waals surface area contributed by atoms with E-state index in [0.29, 0.717) is 0 Å². The van der Waals surface area contributed by atoms with Crippen molar-refractivity contribution in [2.24, 2.45) is 11.3 Å². The zero-order valence-corrected chi connectivity index (χ0v) is 10.3. The van der Waals surface area contributed by atoms with E-state index in [-0.39, 0.29) is 11.3 Å². The Morgan fingerprint density at radius 2 is 2.20 bits per heavy atom. The van der Waals surface area contributed by atoms with Crippen LogP contribution < -0.4 is 0 Å². The number of aldehydes is 1. The third kappa shape index (κ3) is 3.05. The minimum atomic E-state index is 0.142. The summed E-state index contributed by atoms with van der Waals surface area (Å²) in [6, 6.07) is 0. The van der Waals surface area contributed by atoms with Crippen LogP contribution in [0.15, 0.2) is 23.3 Å². The number of rotatable bonds is 3. The first-order chi connectivity index (χ1) is 6.97. The van der Waals surface area contributed by atoms with Crippen molar-refractivity contribution in [3.63, 3.8) is 0 Å². The Balaban J connectivity index is 2.84. The second kappa shape index (κ2) is 4.78. The number of carbonyl (C=O) groups is 1. The predicted molar refractivity (Wildman–Crippen MR) is 64.7 cm³/mol. The van der Waals surface area contributed by atoms with Crippen LogP contribution in [0.2, 0.25) is 0 Å². The molecule has 0 fully saturated rings. The molecule has 1 rings (SSSR count). The van der Waals surface area contributed by atoms with Gasteiger partial charge in [0.15, 0.2) is 0 Å². The molecule has 0 aromatic heterocycles. The molecule has 1 aliphatic rings. The Morgan fingerprint density at radius 3 is 2.73 bits per heavy atom. The zero-order valence-electron chi connectivity index (χ0n) is 10.3. The van der Waals surface area contributed by atoms with Crippen LogP contribution in [0, 0.1) is 11.3 Å². The van der Waals surface area contributed by atoms with Gasteiger partial charge in [-0.05, 0) is 37.2 Å². The van der Waals surface area contributed by atoms with Crippen molar-refractivity contribution in [3.05, 3.63) is 23.3 Å². The molecule has 0 aliphatic heterocycles. The van der Waals surface area contributed by atoms with Crippen molar-refractivity contribution in [2.45, 2.75) is 47.0 Å². The Labute approximate surface area is 93.3 Å². The lowest BCUT2D eigenvalue weighted by molar-refractivity contribution is -0.110. The first-order valence-electron chi connectivity index (χ1n) is 5.80. The third-order valence-electron chi connectivity index (χ3n) is 3.30. The van der Waals surface area contributed by atoms with Crippen LogP contribution in [0.5, 0.6) is 0 Å². The Hall–Kier alpha value is -0.850. The normalized spacial score (nSPS) is 24.8. The van der Waals surface area contributed by atoms with Crippen molar-refractivity contribution < 1.29 is 4.79 Å². The van der Waals surface area contributed by atoms with Gasteiger partial charge in [0.05, 0.1) is 0 Å². The Bertz CT molecular complexity index is 294. The molecular formula is C14H22O. The van der Waals surface area contributed by atoms with Crippen molar-refractivity contribution in [3.8, 4) is 0 Å². The van der Waals surface area contributed by atoms with E-state index in [1.165, 1.54) is 24.0 Å². The lowest BCUT2D eigenvalue weighted by Crippen LogP contribution is -2.19. The molecule has 0 aromatic rings. The average molecular weight is 206 g/mol. The van der Waals surface area contributed by atoms with E-state index in [9.17, 15) is 4.79 Å². The SMILES string of the molecule is CC1=CCCC(C)(C)C1=CCC(C)C=O. The molecule has 1 heteroatoms. The molecule has 1 nitrogen and oxygen atoms in total. The summed E-state index contributed by atoms with van der Waals surface area (Å²) in [6.07, 6.45) is 8.86. The van der Waals surface area contributed by atoms with E-state index in [1.54, 1.807) is 0 Å². The van der Waals surface area contributed by atoms with Crippen LogP contribution in [-0.4, -0.2) is 6.29 Å². The second-order valence-electron chi connectivity index (χ2n) is 5.28. The smallest absolute Gasteiger partial charge is 0.123 e. The average Bonchev–Trinajstić information content (AvgIpc) is 2.15. The summed E-state index contributed by atoms with van der Waals surface area (Å²) in [4.78, 5) is 10.6. The highest BCUT2D eigenvalue weighted by atomic mass is 16.1. The van der Waals surface area contributed by atoms with Gasteiger partial charge in [-0.2, -0.15) is 0 Å². The summed E-state index contributed by atoms with van der Waals surface area (Å²) in [7, 11) is 0. The summed E-state index contributed by atoms with van der Waals surface area (Å²) in [5.74, 6) is 0.142. The highest BCUT2D eigenvalue weighted by Gasteiger charge is 2.26. The van der Waals surface area contributed by atoms with Crippen molar-refractivity contribution in [1.82, 2.24) is 0 Å². The van der Waals surface area contributed by atoms with Gasteiger partial charge in [-0.15, -0.1) is 0 Å². The molecular weight excluding hydrogens is 184 g/mol. The summed E-state index contributed by atoms with van der Waals surface area (Å²) in [5, 5.41) is 0. The molecule has 0 saturated heterocycles. The molecule has 1 aliphatic carbocycles. The summed E-state index contributed by atoms with van der Waals surface area (Å²) in [5.41, 5.74) is 3.10. The Morgan fingerprint density at radius 1 is 1.53 bits per heavy atom. The topological polar surface area (TPSA) is 17.1 Å². The number of carbonyl (C=O) groups excluding carboxylic acids is 1. The van der Waals surface area contributed by atoms with Crippen molar-refractivity contribution >= 4 is 6.29 Å². The molecule has 0 aromatic carbocycles. The van der Waals surface area contributed by atoms with E-state index in [4.69, 9.17) is 0 Å². The van der Waals surface area contributed by atoms with Gasteiger partial charge in [-0.25, -0.2) is 0 Å². The molecule has 0 amide bonds. The minimum absolute atomic E-state index is 0.142. The molecule has 84 valence electrons. The largest absolute Gasteiger partial charge is 0.303 e. The first kappa shape index (κ1) is 12.2. The number of hydrogen-bond acceptors (Lipinski definition) is 1. The third-order valence-corrected chi connectivity index (χ3v) is 3.30. The van der Waals surface area contributed by atoms with Gasteiger partial charge < -0.3 is 4.79 Å². The molecule has 0 heterocycles. The van der Waals surface area contributed by atoms with E-state index >= 15 is 0 Å². The molecule has 15 heavy (non-hydrogen) atoms. The van der Waals surface area contributed by atoms with E-state index < -0.39 is 0 Å². The molecule has 0 saturated carbocycles. The number of allylic oxidation sites excluding steroid dienone is 4. The van der Waals surface area contributed by atoms with Gasteiger partial charge in [0.1, 0.15) is 6.29 Å². The fraction of sp³-hybridized carbons (Fsp3) is 0.643. The highest BCUT2D eigenvalue weighted by molar-refractivity contribution is 5.53. The lowest BCUT2D eigenvalue weighted by atomic mass is 9.72. The van der Waals surface area contributed by atoms with Crippen LogP contribution in [0.3, 0.4) is 0 Å².